The summed E-state index contributed by atoms with van der Waals surface area (Å²) in [7, 11) is 0. The maximum Gasteiger partial charge on any atom is 0.138 e. The minimum Gasteiger partial charge on any atom is -0.338 e. The van der Waals surface area contributed by atoms with Gasteiger partial charge in [0.1, 0.15) is 11.6 Å². The van der Waals surface area contributed by atoms with Gasteiger partial charge in [0, 0.05) is 18.0 Å². The van der Waals surface area contributed by atoms with Crippen molar-refractivity contribution in [1.29, 1.82) is 0 Å². The number of hydrogen-bond acceptors (Lipinski definition) is 2. The second kappa shape index (κ2) is 8.38. The van der Waals surface area contributed by atoms with Gasteiger partial charge in [-0.1, -0.05) is 38.7 Å². The first-order valence-corrected chi connectivity index (χ1v) is 9.97. The first kappa shape index (κ1) is 18.4. The van der Waals surface area contributed by atoms with E-state index in [-0.39, 0.29) is 11.9 Å². The van der Waals surface area contributed by atoms with Crippen LogP contribution in [0.3, 0.4) is 0 Å². The fourth-order valence-corrected chi connectivity index (χ4v) is 3.68. The lowest BCUT2D eigenvalue weighted by Gasteiger charge is -2.19. The number of aromatic amines is 1. The molecule has 2 heterocycles. The largest absolute Gasteiger partial charge is 0.338 e. The molecule has 4 nitrogen and oxygen atoms in total. The van der Waals surface area contributed by atoms with E-state index in [0.717, 1.165) is 28.8 Å². The summed E-state index contributed by atoms with van der Waals surface area (Å²) in [6, 6.07) is 13.1. The lowest BCUT2D eigenvalue weighted by atomic mass is 9.99. The molecular formula is C23H25FN4. The van der Waals surface area contributed by atoms with Crippen LogP contribution in [0.1, 0.15) is 50.6 Å². The molecule has 1 unspecified atom stereocenters. The Kier molecular flexibility index (Phi) is 5.51. The first-order valence-electron chi connectivity index (χ1n) is 9.97. The summed E-state index contributed by atoms with van der Waals surface area (Å²) in [5.41, 5.74) is 4.03. The molecule has 1 atom stereocenters. The van der Waals surface area contributed by atoms with Crippen molar-refractivity contribution >= 4 is 11.0 Å². The van der Waals surface area contributed by atoms with Crippen LogP contribution in [0.25, 0.3) is 22.4 Å². The van der Waals surface area contributed by atoms with Gasteiger partial charge >= 0.3 is 0 Å². The second-order valence-electron chi connectivity index (χ2n) is 7.24. The van der Waals surface area contributed by atoms with E-state index in [0.29, 0.717) is 0 Å². The number of imidazole rings is 2. The molecule has 28 heavy (non-hydrogen) atoms. The molecule has 4 rings (SSSR count). The number of fused-ring (bicyclic) bond motifs is 1. The normalized spacial score (nSPS) is 12.5. The third kappa shape index (κ3) is 3.98. The maximum atomic E-state index is 13.2. The van der Waals surface area contributed by atoms with Crippen LogP contribution >= 0.6 is 0 Å². The number of H-pyrrole nitrogens is 1. The SMILES string of the molecule is CCCCCCC(c1ccc2[nH]c(-c3ccc(F)cc3)nc2c1)n1ccnc1. The van der Waals surface area contributed by atoms with E-state index in [2.05, 4.69) is 39.7 Å². The lowest BCUT2D eigenvalue weighted by molar-refractivity contribution is 0.499. The Hall–Kier alpha value is -2.95. The molecule has 0 saturated carbocycles. The molecule has 144 valence electrons. The van der Waals surface area contributed by atoms with Gasteiger partial charge in [-0.05, 0) is 48.4 Å². The van der Waals surface area contributed by atoms with E-state index in [4.69, 9.17) is 4.98 Å². The van der Waals surface area contributed by atoms with E-state index in [1.807, 2.05) is 18.7 Å². The minimum absolute atomic E-state index is 0.242. The highest BCUT2D eigenvalue weighted by Gasteiger charge is 2.15. The molecule has 0 aliphatic heterocycles. The van der Waals surface area contributed by atoms with Crippen molar-refractivity contribution in [3.05, 3.63) is 72.6 Å². The summed E-state index contributed by atoms with van der Waals surface area (Å²) in [6.07, 6.45) is 11.8. The maximum absolute atomic E-state index is 13.2. The van der Waals surface area contributed by atoms with Crippen LogP contribution < -0.4 is 0 Å². The molecule has 4 aromatic rings. The summed E-state index contributed by atoms with van der Waals surface area (Å²) in [5.74, 6) is 0.516. The number of unbranched alkanes of at least 4 members (excludes halogenated alkanes) is 3. The van der Waals surface area contributed by atoms with E-state index in [1.54, 1.807) is 12.1 Å². The van der Waals surface area contributed by atoms with Gasteiger partial charge in [0.2, 0.25) is 0 Å². The fraction of sp³-hybridized carbons (Fsp3) is 0.304. The van der Waals surface area contributed by atoms with Gasteiger partial charge < -0.3 is 9.55 Å². The Balaban J connectivity index is 1.63. The fourth-order valence-electron chi connectivity index (χ4n) is 3.68. The molecule has 5 heteroatoms. The number of benzene rings is 2. The minimum atomic E-state index is -0.242. The molecule has 0 radical (unpaired) electrons. The Labute approximate surface area is 164 Å². The van der Waals surface area contributed by atoms with Gasteiger partial charge in [-0.3, -0.25) is 0 Å². The molecule has 0 aliphatic rings. The second-order valence-corrected chi connectivity index (χ2v) is 7.24. The zero-order valence-electron chi connectivity index (χ0n) is 16.1. The van der Waals surface area contributed by atoms with Crippen molar-refractivity contribution < 1.29 is 4.39 Å². The first-order chi connectivity index (χ1) is 13.7. The van der Waals surface area contributed by atoms with Crippen LogP contribution in [0.4, 0.5) is 4.39 Å². The average Bonchev–Trinajstić information content (AvgIpc) is 3.38. The van der Waals surface area contributed by atoms with Gasteiger partial charge in [-0.15, -0.1) is 0 Å². The Morgan fingerprint density at radius 1 is 1.07 bits per heavy atom. The zero-order chi connectivity index (χ0) is 19.3. The summed E-state index contributed by atoms with van der Waals surface area (Å²) in [5, 5.41) is 0. The number of halogens is 1. The lowest BCUT2D eigenvalue weighted by Crippen LogP contribution is -2.09. The van der Waals surface area contributed by atoms with E-state index < -0.39 is 0 Å². The number of nitrogens with zero attached hydrogens (tertiary/aromatic N) is 3. The highest BCUT2D eigenvalue weighted by Crippen LogP contribution is 2.28. The molecule has 2 aromatic heterocycles. The molecule has 0 bridgehead atoms. The van der Waals surface area contributed by atoms with Crippen molar-refractivity contribution in [2.75, 3.05) is 0 Å². The number of hydrogen-bond donors (Lipinski definition) is 1. The molecule has 1 N–H and O–H groups in total. The van der Waals surface area contributed by atoms with E-state index in [1.165, 1.54) is 43.4 Å². The number of aromatic nitrogens is 4. The van der Waals surface area contributed by atoms with Crippen LogP contribution in [-0.2, 0) is 0 Å². The Morgan fingerprint density at radius 2 is 1.93 bits per heavy atom. The number of nitrogens with one attached hydrogen (secondary N) is 1. The highest BCUT2D eigenvalue weighted by molar-refractivity contribution is 5.80. The Bertz CT molecular complexity index is 1020. The molecule has 0 amide bonds. The van der Waals surface area contributed by atoms with Crippen molar-refractivity contribution in [2.45, 2.75) is 45.1 Å². The topological polar surface area (TPSA) is 46.5 Å². The Morgan fingerprint density at radius 3 is 2.68 bits per heavy atom. The predicted octanol–water partition coefficient (Wildman–Crippen LogP) is 6.13. The quantitative estimate of drug-likeness (QED) is 0.376. The zero-order valence-corrected chi connectivity index (χ0v) is 16.1. The van der Waals surface area contributed by atoms with Gasteiger partial charge in [0.25, 0.3) is 0 Å². The molecular weight excluding hydrogens is 351 g/mol. The summed E-state index contributed by atoms with van der Waals surface area (Å²) in [4.78, 5) is 12.3. The highest BCUT2D eigenvalue weighted by atomic mass is 19.1. The third-order valence-corrected chi connectivity index (χ3v) is 5.23. The van der Waals surface area contributed by atoms with Gasteiger partial charge in [-0.25, -0.2) is 14.4 Å². The smallest absolute Gasteiger partial charge is 0.138 e. The van der Waals surface area contributed by atoms with Gasteiger partial charge in [0.15, 0.2) is 0 Å². The van der Waals surface area contributed by atoms with Crippen molar-refractivity contribution in [3.63, 3.8) is 0 Å². The summed E-state index contributed by atoms with van der Waals surface area (Å²) < 4.78 is 15.4. The van der Waals surface area contributed by atoms with Crippen LogP contribution in [0.2, 0.25) is 0 Å². The molecule has 0 aliphatic carbocycles. The average molecular weight is 376 g/mol. The summed E-state index contributed by atoms with van der Waals surface area (Å²) in [6.45, 7) is 2.23. The molecule has 2 aromatic carbocycles. The van der Waals surface area contributed by atoms with E-state index >= 15 is 0 Å². The third-order valence-electron chi connectivity index (χ3n) is 5.23. The van der Waals surface area contributed by atoms with Gasteiger partial charge in [0.05, 0.1) is 23.4 Å². The van der Waals surface area contributed by atoms with Crippen LogP contribution in [0.5, 0.6) is 0 Å². The van der Waals surface area contributed by atoms with E-state index in [9.17, 15) is 4.39 Å². The van der Waals surface area contributed by atoms with Crippen molar-refractivity contribution in [1.82, 2.24) is 19.5 Å². The van der Waals surface area contributed by atoms with Crippen LogP contribution in [0.15, 0.2) is 61.2 Å². The molecule has 0 saturated heterocycles. The van der Waals surface area contributed by atoms with Gasteiger partial charge in [-0.2, -0.15) is 0 Å². The number of rotatable bonds is 8. The summed E-state index contributed by atoms with van der Waals surface area (Å²) >= 11 is 0. The molecule has 0 fully saturated rings. The van der Waals surface area contributed by atoms with Crippen LogP contribution in [0, 0.1) is 5.82 Å². The monoisotopic (exact) mass is 376 g/mol. The van der Waals surface area contributed by atoms with Crippen LogP contribution in [-0.4, -0.2) is 19.5 Å². The molecule has 0 spiro atoms. The predicted molar refractivity (Wildman–Crippen MR) is 111 cm³/mol. The van der Waals surface area contributed by atoms with Crippen molar-refractivity contribution in [2.24, 2.45) is 0 Å². The van der Waals surface area contributed by atoms with Crippen molar-refractivity contribution in [3.8, 4) is 11.4 Å². The standard InChI is InChI=1S/C23H25FN4/c1-2-3-4-5-6-22(28-14-13-25-16-28)18-9-12-20-21(15-18)27-23(26-20)17-7-10-19(24)11-8-17/h7-16,22H,2-6H2,1H3,(H,26,27).